The minimum Gasteiger partial charge on any atom is -0.229 e. The Bertz CT molecular complexity index is 518. The lowest BCUT2D eigenvalue weighted by Gasteiger charge is -2.27. The van der Waals surface area contributed by atoms with Gasteiger partial charge in [0.1, 0.15) is 9.84 Å². The van der Waals surface area contributed by atoms with Crippen LogP contribution >= 0.6 is 15.9 Å². The highest BCUT2D eigenvalue weighted by atomic mass is 79.9. The highest BCUT2D eigenvalue weighted by Gasteiger charge is 2.33. The first-order chi connectivity index (χ1) is 9.28. The van der Waals surface area contributed by atoms with Gasteiger partial charge in [-0.05, 0) is 38.0 Å². The van der Waals surface area contributed by atoms with E-state index in [-0.39, 0.29) is 24.3 Å². The van der Waals surface area contributed by atoms with Crippen LogP contribution in [-0.4, -0.2) is 45.0 Å². The van der Waals surface area contributed by atoms with Crippen LogP contribution in [0.3, 0.4) is 0 Å². The van der Waals surface area contributed by atoms with Crippen LogP contribution in [0, 0.1) is 5.92 Å². The molecule has 1 aliphatic heterocycles. The third-order valence-corrected chi connectivity index (χ3v) is 8.70. The van der Waals surface area contributed by atoms with Gasteiger partial charge in [-0.3, -0.25) is 0 Å². The molecule has 8 heteroatoms. The van der Waals surface area contributed by atoms with Crippen LogP contribution in [0.2, 0.25) is 0 Å². The third kappa shape index (κ3) is 4.68. The Hall–Kier alpha value is 0.340. The number of nitrogens with one attached hydrogen (secondary N) is 1. The van der Waals surface area contributed by atoms with Gasteiger partial charge in [0.05, 0.1) is 16.8 Å². The van der Waals surface area contributed by atoms with E-state index in [1.807, 2.05) is 0 Å². The molecule has 5 nitrogen and oxygen atoms in total. The van der Waals surface area contributed by atoms with Gasteiger partial charge in [-0.1, -0.05) is 22.4 Å². The van der Waals surface area contributed by atoms with Gasteiger partial charge in [0.25, 0.3) is 0 Å². The predicted molar refractivity (Wildman–Crippen MR) is 83.3 cm³/mol. The van der Waals surface area contributed by atoms with Crippen LogP contribution < -0.4 is 4.72 Å². The molecule has 0 radical (unpaired) electrons. The van der Waals surface area contributed by atoms with Crippen molar-refractivity contribution in [1.82, 2.24) is 4.72 Å². The molecule has 1 N–H and O–H groups in total. The number of sulfonamides is 1. The monoisotopic (exact) mass is 387 g/mol. The summed E-state index contributed by atoms with van der Waals surface area (Å²) in [6.45, 7) is 0.480. The topological polar surface area (TPSA) is 80.3 Å². The molecule has 1 saturated carbocycles. The molecule has 1 heterocycles. The second kappa shape index (κ2) is 6.62. The maximum Gasteiger partial charge on any atom is 0.214 e. The summed E-state index contributed by atoms with van der Waals surface area (Å²) >= 11 is 3.59. The summed E-state index contributed by atoms with van der Waals surface area (Å²) in [6, 6.07) is 0. The van der Waals surface area contributed by atoms with Crippen molar-refractivity contribution in [1.29, 1.82) is 0 Å². The molecule has 2 rings (SSSR count). The Kier molecular flexibility index (Phi) is 5.53. The Labute approximate surface area is 130 Å². The first-order valence-electron chi connectivity index (χ1n) is 7.11. The molecule has 118 valence electrons. The molecule has 0 bridgehead atoms. The minimum absolute atomic E-state index is 0.00845. The number of rotatable bonds is 4. The number of sulfone groups is 1. The van der Waals surface area contributed by atoms with Crippen molar-refractivity contribution in [2.75, 3.05) is 18.1 Å². The van der Waals surface area contributed by atoms with E-state index in [1.54, 1.807) is 0 Å². The van der Waals surface area contributed by atoms with Crippen LogP contribution in [0.15, 0.2) is 0 Å². The van der Waals surface area contributed by atoms with Crippen LogP contribution in [0.25, 0.3) is 0 Å². The quantitative estimate of drug-likeness (QED) is 0.739. The Morgan fingerprint density at radius 2 is 1.75 bits per heavy atom. The highest BCUT2D eigenvalue weighted by molar-refractivity contribution is 9.09. The van der Waals surface area contributed by atoms with Crippen molar-refractivity contribution in [3.63, 3.8) is 0 Å². The lowest BCUT2D eigenvalue weighted by atomic mass is 9.89. The van der Waals surface area contributed by atoms with E-state index >= 15 is 0 Å². The molecule has 2 atom stereocenters. The van der Waals surface area contributed by atoms with E-state index in [0.29, 0.717) is 17.3 Å². The van der Waals surface area contributed by atoms with Gasteiger partial charge in [0.15, 0.2) is 0 Å². The molecule has 2 fully saturated rings. The molecule has 0 aromatic rings. The van der Waals surface area contributed by atoms with Crippen LogP contribution in [0.4, 0.5) is 0 Å². The SMILES string of the molecule is O=S1(=O)CCC(S(=O)(=O)NCC2CCCC(Br)C2)CC1. The standard InChI is InChI=1S/C12H22BrNO4S2/c13-11-3-1-2-10(8-11)9-14-20(17,18)12-4-6-19(15,16)7-5-12/h10-12,14H,1-9H2. The molecule has 0 aromatic heterocycles. The van der Waals surface area contributed by atoms with Crippen molar-refractivity contribution in [3.8, 4) is 0 Å². The Balaban J connectivity index is 1.85. The van der Waals surface area contributed by atoms with Crippen molar-refractivity contribution < 1.29 is 16.8 Å². The highest BCUT2D eigenvalue weighted by Crippen LogP contribution is 2.29. The van der Waals surface area contributed by atoms with E-state index < -0.39 is 25.1 Å². The van der Waals surface area contributed by atoms with Crippen molar-refractivity contribution in [2.24, 2.45) is 5.92 Å². The lowest BCUT2D eigenvalue weighted by molar-refractivity contribution is 0.367. The first kappa shape index (κ1) is 16.7. The zero-order chi connectivity index (χ0) is 14.8. The van der Waals surface area contributed by atoms with E-state index in [1.165, 1.54) is 0 Å². The first-order valence-corrected chi connectivity index (χ1v) is 11.4. The van der Waals surface area contributed by atoms with Gasteiger partial charge in [-0.2, -0.15) is 0 Å². The summed E-state index contributed by atoms with van der Waals surface area (Å²) in [6.07, 6.45) is 4.80. The summed E-state index contributed by atoms with van der Waals surface area (Å²) in [7, 11) is -6.40. The molecule has 0 spiro atoms. The normalized spacial score (nSPS) is 32.0. The zero-order valence-corrected chi connectivity index (χ0v) is 14.6. The fourth-order valence-electron chi connectivity index (χ4n) is 2.94. The van der Waals surface area contributed by atoms with Gasteiger partial charge >= 0.3 is 0 Å². The molecule has 0 amide bonds. The zero-order valence-electron chi connectivity index (χ0n) is 11.4. The molecule has 0 aromatic carbocycles. The van der Waals surface area contributed by atoms with Gasteiger partial charge in [-0.25, -0.2) is 21.6 Å². The van der Waals surface area contributed by atoms with Gasteiger partial charge < -0.3 is 0 Å². The molecule has 20 heavy (non-hydrogen) atoms. The molecular weight excluding hydrogens is 366 g/mol. The Morgan fingerprint density at radius 1 is 1.10 bits per heavy atom. The maximum atomic E-state index is 12.2. The van der Waals surface area contributed by atoms with Crippen molar-refractivity contribution in [3.05, 3.63) is 0 Å². The number of hydrogen-bond acceptors (Lipinski definition) is 4. The average Bonchev–Trinajstić information content (AvgIpc) is 2.36. The van der Waals surface area contributed by atoms with Gasteiger partial charge in [-0.15, -0.1) is 0 Å². The van der Waals surface area contributed by atoms with E-state index in [2.05, 4.69) is 20.7 Å². The second-order valence-corrected chi connectivity index (χ2v) is 11.5. The summed E-state index contributed by atoms with van der Waals surface area (Å²) in [4.78, 5) is 0.491. The van der Waals surface area contributed by atoms with E-state index in [4.69, 9.17) is 0 Å². The summed E-state index contributed by atoms with van der Waals surface area (Å²) < 4.78 is 49.8. The summed E-state index contributed by atoms with van der Waals surface area (Å²) in [5.41, 5.74) is 0. The molecule has 2 aliphatic rings. The van der Waals surface area contributed by atoms with Crippen LogP contribution in [0.1, 0.15) is 38.5 Å². The van der Waals surface area contributed by atoms with Gasteiger partial charge in [0, 0.05) is 11.4 Å². The van der Waals surface area contributed by atoms with Crippen LogP contribution in [-0.2, 0) is 19.9 Å². The van der Waals surface area contributed by atoms with Gasteiger partial charge in [0.2, 0.25) is 10.0 Å². The van der Waals surface area contributed by atoms with Crippen molar-refractivity contribution in [2.45, 2.75) is 48.6 Å². The largest absolute Gasteiger partial charge is 0.229 e. The predicted octanol–water partition coefficient (Wildman–Crippen LogP) is 1.44. The average molecular weight is 388 g/mol. The second-order valence-electron chi connectivity index (χ2n) is 5.87. The van der Waals surface area contributed by atoms with Crippen LogP contribution in [0.5, 0.6) is 0 Å². The minimum atomic E-state index is -3.38. The number of halogens is 1. The third-order valence-electron chi connectivity index (χ3n) is 4.23. The lowest BCUT2D eigenvalue weighted by Crippen LogP contribution is -2.42. The molecule has 2 unspecified atom stereocenters. The smallest absolute Gasteiger partial charge is 0.214 e. The molecule has 1 aliphatic carbocycles. The Morgan fingerprint density at radius 3 is 2.35 bits per heavy atom. The number of alkyl halides is 1. The number of hydrogen-bond donors (Lipinski definition) is 1. The van der Waals surface area contributed by atoms with E-state index in [9.17, 15) is 16.8 Å². The summed E-state index contributed by atoms with van der Waals surface area (Å²) in [5, 5.41) is -0.547. The maximum absolute atomic E-state index is 12.2. The summed E-state index contributed by atoms with van der Waals surface area (Å²) in [5.74, 6) is 0.368. The molecular formula is C12H22BrNO4S2. The molecule has 1 saturated heterocycles. The fourth-order valence-corrected chi connectivity index (χ4v) is 7.14. The fraction of sp³-hybridized carbons (Fsp3) is 1.00. The van der Waals surface area contributed by atoms with Crippen molar-refractivity contribution >= 4 is 35.8 Å². The van der Waals surface area contributed by atoms with E-state index in [0.717, 1.165) is 25.7 Å².